The van der Waals surface area contributed by atoms with E-state index in [0.29, 0.717) is 31.8 Å². The number of hydrogen-bond donors (Lipinski definition) is 1. The lowest BCUT2D eigenvalue weighted by molar-refractivity contribution is 0.0522. The first-order valence-corrected chi connectivity index (χ1v) is 9.29. The average Bonchev–Trinajstić information content (AvgIpc) is 2.90. The number of nitriles is 1. The van der Waals surface area contributed by atoms with Crippen LogP contribution in [0.5, 0.6) is 5.75 Å². The molecule has 5 nitrogen and oxygen atoms in total. The van der Waals surface area contributed by atoms with E-state index in [9.17, 15) is 10.1 Å². The Morgan fingerprint density at radius 2 is 2.19 bits per heavy atom. The number of nitrogens with zero attached hydrogens (tertiary/aromatic N) is 1. The maximum Gasteiger partial charge on any atom is 0.343 e. The molecule has 0 radical (unpaired) electrons. The summed E-state index contributed by atoms with van der Waals surface area (Å²) >= 11 is 13.7. The van der Waals surface area contributed by atoms with Crippen LogP contribution in [0.2, 0.25) is 10.0 Å². The number of esters is 1. The molecule has 0 fully saturated rings. The van der Waals surface area contributed by atoms with Crippen molar-refractivity contribution >= 4 is 40.5 Å². The molecule has 3 rings (SSSR count). The van der Waals surface area contributed by atoms with E-state index in [-0.39, 0.29) is 18.1 Å². The standard InChI is InChI=1S/C18H14Cl2N2O3S/c1-3-24-18(23)13-8(2)26-16-14(10-5-4-9(19)6-12(10)20)11(7-21)17(22)25-15(13)16/h4-6,14H,3,22H2,1-2H3. The summed E-state index contributed by atoms with van der Waals surface area (Å²) in [5, 5.41) is 10.5. The van der Waals surface area contributed by atoms with Crippen molar-refractivity contribution in [1.82, 2.24) is 0 Å². The van der Waals surface area contributed by atoms with E-state index < -0.39 is 11.9 Å². The third-order valence-corrected chi connectivity index (χ3v) is 5.68. The number of ether oxygens (including phenoxy) is 2. The molecule has 2 heterocycles. The SMILES string of the molecule is CCOC(=O)c1c(C)sc2c1OC(N)=C(C#N)C2c1ccc(Cl)cc1Cl. The lowest BCUT2D eigenvalue weighted by Gasteiger charge is -2.24. The molecular formula is C18H14Cl2N2O3S. The number of aryl methyl sites for hydroxylation is 1. The predicted molar refractivity (Wildman–Crippen MR) is 101 cm³/mol. The largest absolute Gasteiger partial charge is 0.462 e. The van der Waals surface area contributed by atoms with E-state index in [2.05, 4.69) is 6.07 Å². The highest BCUT2D eigenvalue weighted by Gasteiger charge is 2.37. The molecular weight excluding hydrogens is 395 g/mol. The molecule has 1 aliphatic heterocycles. The van der Waals surface area contributed by atoms with Crippen LogP contribution >= 0.6 is 34.5 Å². The van der Waals surface area contributed by atoms with Crippen LogP contribution in [-0.4, -0.2) is 12.6 Å². The van der Waals surface area contributed by atoms with Gasteiger partial charge in [-0.15, -0.1) is 11.3 Å². The molecule has 1 aliphatic rings. The van der Waals surface area contributed by atoms with Gasteiger partial charge in [0.15, 0.2) is 5.75 Å². The summed E-state index contributed by atoms with van der Waals surface area (Å²) in [6.45, 7) is 3.76. The molecule has 1 aromatic heterocycles. The summed E-state index contributed by atoms with van der Waals surface area (Å²) in [4.78, 5) is 13.7. The summed E-state index contributed by atoms with van der Waals surface area (Å²) in [6.07, 6.45) is 0. The highest BCUT2D eigenvalue weighted by molar-refractivity contribution is 7.12. The summed E-state index contributed by atoms with van der Waals surface area (Å²) in [6, 6.07) is 7.13. The fourth-order valence-corrected chi connectivity index (χ4v) is 4.59. The number of hydrogen-bond acceptors (Lipinski definition) is 6. The Bertz CT molecular complexity index is 976. The van der Waals surface area contributed by atoms with Crippen LogP contribution in [0.4, 0.5) is 0 Å². The quantitative estimate of drug-likeness (QED) is 0.739. The summed E-state index contributed by atoms with van der Waals surface area (Å²) < 4.78 is 10.8. The third-order valence-electron chi connectivity index (χ3n) is 3.97. The van der Waals surface area contributed by atoms with Crippen molar-refractivity contribution in [2.45, 2.75) is 19.8 Å². The highest BCUT2D eigenvalue weighted by Crippen LogP contribution is 2.50. The Morgan fingerprint density at radius 3 is 2.81 bits per heavy atom. The zero-order chi connectivity index (χ0) is 19.0. The van der Waals surface area contributed by atoms with Crippen molar-refractivity contribution in [3.8, 4) is 11.8 Å². The number of thiophene rings is 1. The third kappa shape index (κ3) is 3.03. The lowest BCUT2D eigenvalue weighted by atomic mass is 9.88. The molecule has 1 atom stereocenters. The minimum Gasteiger partial charge on any atom is -0.462 e. The average molecular weight is 409 g/mol. The molecule has 1 aromatic carbocycles. The van der Waals surface area contributed by atoms with E-state index in [0.717, 1.165) is 4.88 Å². The van der Waals surface area contributed by atoms with Gasteiger partial charge in [-0.25, -0.2) is 4.79 Å². The van der Waals surface area contributed by atoms with Crippen LogP contribution in [-0.2, 0) is 4.74 Å². The molecule has 1 unspecified atom stereocenters. The van der Waals surface area contributed by atoms with Gasteiger partial charge in [0.2, 0.25) is 5.88 Å². The van der Waals surface area contributed by atoms with E-state index in [1.165, 1.54) is 11.3 Å². The normalized spacial score (nSPS) is 15.9. The smallest absolute Gasteiger partial charge is 0.343 e. The zero-order valence-electron chi connectivity index (χ0n) is 13.9. The maximum atomic E-state index is 12.4. The number of halogens is 2. The molecule has 0 amide bonds. The lowest BCUT2D eigenvalue weighted by Crippen LogP contribution is -2.21. The van der Waals surface area contributed by atoms with Crippen LogP contribution in [0, 0.1) is 18.3 Å². The molecule has 26 heavy (non-hydrogen) atoms. The minimum atomic E-state index is -0.541. The number of nitrogens with two attached hydrogens (primary N) is 1. The summed E-state index contributed by atoms with van der Waals surface area (Å²) in [7, 11) is 0. The molecule has 0 saturated heterocycles. The fourth-order valence-electron chi connectivity index (χ4n) is 2.87. The van der Waals surface area contributed by atoms with Crippen molar-refractivity contribution in [1.29, 1.82) is 5.26 Å². The van der Waals surface area contributed by atoms with Crippen molar-refractivity contribution in [2.24, 2.45) is 5.73 Å². The van der Waals surface area contributed by atoms with Gasteiger partial charge in [0.1, 0.15) is 17.2 Å². The number of allylic oxidation sites excluding steroid dienone is 1. The van der Waals surface area contributed by atoms with Crippen LogP contribution in [0.15, 0.2) is 29.7 Å². The van der Waals surface area contributed by atoms with Crippen molar-refractivity contribution in [3.63, 3.8) is 0 Å². The number of carbonyl (C=O) groups excluding carboxylic acids is 1. The van der Waals surface area contributed by atoms with Crippen LogP contribution in [0.25, 0.3) is 0 Å². The van der Waals surface area contributed by atoms with Crippen LogP contribution in [0.3, 0.4) is 0 Å². The monoisotopic (exact) mass is 408 g/mol. The number of fused-ring (bicyclic) bond motifs is 1. The topological polar surface area (TPSA) is 85.3 Å². The molecule has 0 saturated carbocycles. The predicted octanol–water partition coefficient (Wildman–Crippen LogP) is 4.76. The first-order chi connectivity index (χ1) is 12.4. The van der Waals surface area contributed by atoms with Gasteiger partial charge >= 0.3 is 5.97 Å². The van der Waals surface area contributed by atoms with Gasteiger partial charge in [-0.1, -0.05) is 29.3 Å². The Hall–Kier alpha value is -2.20. The highest BCUT2D eigenvalue weighted by atomic mass is 35.5. The Morgan fingerprint density at radius 1 is 1.46 bits per heavy atom. The van der Waals surface area contributed by atoms with E-state index >= 15 is 0 Å². The van der Waals surface area contributed by atoms with Crippen LogP contribution < -0.4 is 10.5 Å². The number of rotatable bonds is 3. The Labute approximate surface area is 164 Å². The Balaban J connectivity index is 2.24. The second-order valence-electron chi connectivity index (χ2n) is 5.54. The van der Waals surface area contributed by atoms with Gasteiger partial charge in [-0.05, 0) is 31.5 Å². The van der Waals surface area contributed by atoms with Gasteiger partial charge in [0.25, 0.3) is 0 Å². The molecule has 134 valence electrons. The number of benzene rings is 1. The first kappa shape index (κ1) is 18.6. The van der Waals surface area contributed by atoms with Crippen molar-refractivity contribution in [2.75, 3.05) is 6.61 Å². The summed E-state index contributed by atoms with van der Waals surface area (Å²) in [5.41, 5.74) is 7.20. The molecule has 8 heteroatoms. The van der Waals surface area contributed by atoms with Gasteiger partial charge in [0.05, 0.1) is 17.4 Å². The molecule has 2 aromatic rings. The fraction of sp³-hybridized carbons (Fsp3) is 0.222. The van der Waals surface area contributed by atoms with Crippen molar-refractivity contribution in [3.05, 3.63) is 60.6 Å². The second-order valence-corrected chi connectivity index (χ2v) is 7.64. The second kappa shape index (κ2) is 7.20. The van der Waals surface area contributed by atoms with Crippen molar-refractivity contribution < 1.29 is 14.3 Å². The van der Waals surface area contributed by atoms with Gasteiger partial charge in [-0.3, -0.25) is 0 Å². The van der Waals surface area contributed by atoms with Crippen LogP contribution in [0.1, 0.15) is 38.5 Å². The van der Waals surface area contributed by atoms with Gasteiger partial charge < -0.3 is 15.2 Å². The maximum absolute atomic E-state index is 12.4. The first-order valence-electron chi connectivity index (χ1n) is 7.71. The molecule has 0 bridgehead atoms. The molecule has 2 N–H and O–H groups in total. The zero-order valence-corrected chi connectivity index (χ0v) is 16.3. The summed E-state index contributed by atoms with van der Waals surface area (Å²) in [5.74, 6) is -0.769. The Kier molecular flexibility index (Phi) is 5.15. The van der Waals surface area contributed by atoms with E-state index in [4.69, 9.17) is 38.4 Å². The minimum absolute atomic E-state index is 0.0561. The number of carbonyl (C=O) groups is 1. The van der Waals surface area contributed by atoms with E-state index in [1.807, 2.05) is 0 Å². The molecule has 0 aliphatic carbocycles. The van der Waals surface area contributed by atoms with Gasteiger partial charge in [0, 0.05) is 14.9 Å². The molecule has 0 spiro atoms. The van der Waals surface area contributed by atoms with E-state index in [1.54, 1.807) is 32.0 Å². The van der Waals surface area contributed by atoms with Gasteiger partial charge in [-0.2, -0.15) is 5.26 Å².